The van der Waals surface area contributed by atoms with Gasteiger partial charge in [0.05, 0.1) is 0 Å². The molecule has 0 aliphatic heterocycles. The quantitative estimate of drug-likeness (QED) is 0.909. The number of carboxylic acid groups (broad SMARTS) is 1. The fourth-order valence-electron chi connectivity index (χ4n) is 2.30. The van der Waals surface area contributed by atoms with Crippen LogP contribution in [0.5, 0.6) is 0 Å². The zero-order valence-corrected chi connectivity index (χ0v) is 11.6. The third kappa shape index (κ3) is 2.87. The van der Waals surface area contributed by atoms with Gasteiger partial charge < -0.3 is 9.67 Å². The van der Waals surface area contributed by atoms with Gasteiger partial charge in [-0.3, -0.25) is 0 Å². The van der Waals surface area contributed by atoms with Crippen molar-refractivity contribution < 1.29 is 9.90 Å². The van der Waals surface area contributed by atoms with Crippen LogP contribution in [0.1, 0.15) is 29.9 Å². The van der Waals surface area contributed by atoms with Gasteiger partial charge in [-0.2, -0.15) is 0 Å². The largest absolute Gasteiger partial charge is 0.477 e. The highest BCUT2D eigenvalue weighted by atomic mass is 16.4. The predicted octanol–water partition coefficient (Wildman–Crippen LogP) is 3.59. The highest BCUT2D eigenvalue weighted by Crippen LogP contribution is 2.22. The first kappa shape index (κ1) is 13.4. The standard InChI is InChI=1S/C16H19NO2/c1-11(2)10-12-4-6-13(7-5-12)14-8-9-15(16(18)19)17(14)3/h4-9,11H,10H2,1-3H3,(H,18,19). The summed E-state index contributed by atoms with van der Waals surface area (Å²) in [5.41, 5.74) is 3.59. The van der Waals surface area contributed by atoms with E-state index in [0.29, 0.717) is 11.6 Å². The molecule has 0 amide bonds. The van der Waals surface area contributed by atoms with Crippen LogP contribution in [-0.4, -0.2) is 15.6 Å². The molecule has 0 bridgehead atoms. The Labute approximate surface area is 113 Å². The molecule has 1 aromatic heterocycles. The normalized spacial score (nSPS) is 10.9. The summed E-state index contributed by atoms with van der Waals surface area (Å²) >= 11 is 0. The van der Waals surface area contributed by atoms with Gasteiger partial charge >= 0.3 is 5.97 Å². The summed E-state index contributed by atoms with van der Waals surface area (Å²) in [4.78, 5) is 11.0. The highest BCUT2D eigenvalue weighted by molar-refractivity contribution is 5.87. The Morgan fingerprint density at radius 1 is 1.16 bits per heavy atom. The molecule has 3 nitrogen and oxygen atoms in total. The molecule has 1 aromatic carbocycles. The molecule has 1 N–H and O–H groups in total. The number of aromatic nitrogens is 1. The maximum absolute atomic E-state index is 11.0. The molecule has 1 heterocycles. The smallest absolute Gasteiger partial charge is 0.352 e. The monoisotopic (exact) mass is 257 g/mol. The number of carboxylic acids is 1. The van der Waals surface area contributed by atoms with Crippen LogP contribution in [0.25, 0.3) is 11.3 Å². The van der Waals surface area contributed by atoms with Crippen molar-refractivity contribution in [2.24, 2.45) is 13.0 Å². The van der Waals surface area contributed by atoms with Gasteiger partial charge in [0.15, 0.2) is 0 Å². The maximum atomic E-state index is 11.0. The van der Waals surface area contributed by atoms with Gasteiger partial charge in [-0.05, 0) is 35.6 Å². The Balaban J connectivity index is 2.30. The van der Waals surface area contributed by atoms with Crippen molar-refractivity contribution in [1.82, 2.24) is 4.57 Å². The molecule has 0 atom stereocenters. The zero-order valence-electron chi connectivity index (χ0n) is 11.6. The van der Waals surface area contributed by atoms with Crippen LogP contribution in [0.4, 0.5) is 0 Å². The lowest BCUT2D eigenvalue weighted by atomic mass is 10.0. The van der Waals surface area contributed by atoms with Gasteiger partial charge in [-0.15, -0.1) is 0 Å². The lowest BCUT2D eigenvalue weighted by Crippen LogP contribution is -2.05. The van der Waals surface area contributed by atoms with Gasteiger partial charge in [-0.25, -0.2) is 4.79 Å². The van der Waals surface area contributed by atoms with Crippen LogP contribution in [0.2, 0.25) is 0 Å². The zero-order chi connectivity index (χ0) is 14.0. The van der Waals surface area contributed by atoms with Gasteiger partial charge in [0.2, 0.25) is 0 Å². The molecule has 3 heteroatoms. The number of aromatic carboxylic acids is 1. The second kappa shape index (κ2) is 5.31. The molecule has 0 radical (unpaired) electrons. The van der Waals surface area contributed by atoms with Crippen LogP contribution in [0.3, 0.4) is 0 Å². The second-order valence-electron chi connectivity index (χ2n) is 5.26. The van der Waals surface area contributed by atoms with Crippen LogP contribution < -0.4 is 0 Å². The van der Waals surface area contributed by atoms with Crippen LogP contribution >= 0.6 is 0 Å². The Morgan fingerprint density at radius 2 is 1.79 bits per heavy atom. The molecule has 0 spiro atoms. The molecule has 2 aromatic rings. The summed E-state index contributed by atoms with van der Waals surface area (Å²) in [6.45, 7) is 4.40. The van der Waals surface area contributed by atoms with E-state index in [-0.39, 0.29) is 0 Å². The van der Waals surface area contributed by atoms with Crippen molar-refractivity contribution in [2.45, 2.75) is 20.3 Å². The summed E-state index contributed by atoms with van der Waals surface area (Å²) < 4.78 is 1.71. The van der Waals surface area contributed by atoms with Gasteiger partial charge in [0, 0.05) is 12.7 Å². The van der Waals surface area contributed by atoms with Crippen LogP contribution in [0.15, 0.2) is 36.4 Å². The minimum atomic E-state index is -0.898. The topological polar surface area (TPSA) is 42.2 Å². The van der Waals surface area contributed by atoms with Crippen molar-refractivity contribution >= 4 is 5.97 Å². The molecule has 100 valence electrons. The summed E-state index contributed by atoms with van der Waals surface area (Å²) in [7, 11) is 1.78. The molecule has 2 rings (SSSR count). The van der Waals surface area contributed by atoms with E-state index in [1.165, 1.54) is 5.56 Å². The fraction of sp³-hybridized carbons (Fsp3) is 0.312. The maximum Gasteiger partial charge on any atom is 0.352 e. The number of rotatable bonds is 4. The lowest BCUT2D eigenvalue weighted by Gasteiger charge is -2.08. The first-order chi connectivity index (χ1) is 8.99. The molecule has 0 fully saturated rings. The number of hydrogen-bond acceptors (Lipinski definition) is 1. The van der Waals surface area contributed by atoms with Crippen molar-refractivity contribution in [1.29, 1.82) is 0 Å². The average Bonchev–Trinajstić information content (AvgIpc) is 2.71. The van der Waals surface area contributed by atoms with Crippen LogP contribution in [-0.2, 0) is 13.5 Å². The molecule has 0 unspecified atom stereocenters. The minimum absolute atomic E-state index is 0.307. The molecule has 0 saturated heterocycles. The Morgan fingerprint density at radius 3 is 2.26 bits per heavy atom. The van der Waals surface area contributed by atoms with E-state index in [1.807, 2.05) is 6.07 Å². The van der Waals surface area contributed by atoms with Crippen molar-refractivity contribution in [2.75, 3.05) is 0 Å². The molecular weight excluding hydrogens is 238 g/mol. The molecule has 0 saturated carbocycles. The summed E-state index contributed by atoms with van der Waals surface area (Å²) in [5, 5.41) is 9.05. The summed E-state index contributed by atoms with van der Waals surface area (Å²) in [5.74, 6) is -0.260. The highest BCUT2D eigenvalue weighted by Gasteiger charge is 2.11. The number of hydrogen-bond donors (Lipinski definition) is 1. The van der Waals surface area contributed by atoms with Gasteiger partial charge in [0.25, 0.3) is 0 Å². The second-order valence-corrected chi connectivity index (χ2v) is 5.26. The van der Waals surface area contributed by atoms with Crippen molar-refractivity contribution in [3.63, 3.8) is 0 Å². The van der Waals surface area contributed by atoms with Gasteiger partial charge in [-0.1, -0.05) is 38.1 Å². The molecule has 0 aliphatic rings. The fourth-order valence-corrected chi connectivity index (χ4v) is 2.30. The van der Waals surface area contributed by atoms with E-state index in [1.54, 1.807) is 17.7 Å². The summed E-state index contributed by atoms with van der Waals surface area (Å²) in [6, 6.07) is 11.8. The first-order valence-electron chi connectivity index (χ1n) is 6.47. The first-order valence-corrected chi connectivity index (χ1v) is 6.47. The number of benzene rings is 1. The van der Waals surface area contributed by atoms with Crippen molar-refractivity contribution in [3.05, 3.63) is 47.7 Å². The predicted molar refractivity (Wildman–Crippen MR) is 76.4 cm³/mol. The van der Waals surface area contributed by atoms with E-state index < -0.39 is 5.97 Å². The Hall–Kier alpha value is -2.03. The van der Waals surface area contributed by atoms with E-state index in [2.05, 4.69) is 38.1 Å². The third-order valence-electron chi connectivity index (χ3n) is 3.23. The third-order valence-corrected chi connectivity index (χ3v) is 3.23. The average molecular weight is 257 g/mol. The molecule has 19 heavy (non-hydrogen) atoms. The lowest BCUT2D eigenvalue weighted by molar-refractivity contribution is 0.0687. The molecule has 0 aliphatic carbocycles. The van der Waals surface area contributed by atoms with Crippen LogP contribution in [0, 0.1) is 5.92 Å². The SMILES string of the molecule is CC(C)Cc1ccc(-c2ccc(C(=O)O)n2C)cc1. The Kier molecular flexibility index (Phi) is 3.74. The van der Waals surface area contributed by atoms with E-state index in [9.17, 15) is 4.79 Å². The minimum Gasteiger partial charge on any atom is -0.477 e. The number of nitrogens with zero attached hydrogens (tertiary/aromatic N) is 1. The summed E-state index contributed by atoms with van der Waals surface area (Å²) in [6.07, 6.45) is 1.06. The van der Waals surface area contributed by atoms with E-state index in [0.717, 1.165) is 17.7 Å². The number of carbonyl (C=O) groups is 1. The van der Waals surface area contributed by atoms with E-state index >= 15 is 0 Å². The molecular formula is C16H19NO2. The van der Waals surface area contributed by atoms with E-state index in [4.69, 9.17) is 5.11 Å². The Bertz CT molecular complexity index is 579. The van der Waals surface area contributed by atoms with Crippen molar-refractivity contribution in [3.8, 4) is 11.3 Å². The van der Waals surface area contributed by atoms with Gasteiger partial charge in [0.1, 0.15) is 5.69 Å².